The van der Waals surface area contributed by atoms with Crippen LogP contribution < -0.4 is 10.1 Å². The number of carbonyl (C=O) groups excluding carboxylic acids is 2. The molecule has 9 nitrogen and oxygen atoms in total. The molecule has 0 aliphatic rings. The zero-order chi connectivity index (χ0) is 22.4. The Morgan fingerprint density at radius 2 is 1.87 bits per heavy atom. The second-order valence-electron chi connectivity index (χ2n) is 5.97. The van der Waals surface area contributed by atoms with Crippen molar-refractivity contribution in [2.75, 3.05) is 19.0 Å². The van der Waals surface area contributed by atoms with Gasteiger partial charge in [-0.1, -0.05) is 12.1 Å². The summed E-state index contributed by atoms with van der Waals surface area (Å²) in [6.07, 6.45) is -4.53. The molecule has 0 amide bonds. The lowest BCUT2D eigenvalue weighted by atomic mass is 10.3. The molecule has 4 aromatic rings. The Morgan fingerprint density at radius 1 is 1.13 bits per heavy atom. The van der Waals surface area contributed by atoms with Crippen molar-refractivity contribution in [3.05, 3.63) is 42.5 Å². The molecule has 0 aliphatic heterocycles. The van der Waals surface area contributed by atoms with Gasteiger partial charge in [-0.3, -0.25) is 5.32 Å². The van der Waals surface area contributed by atoms with Crippen LogP contribution in [0.25, 0.3) is 22.1 Å². The molecule has 31 heavy (non-hydrogen) atoms. The molecule has 2 heterocycles. The van der Waals surface area contributed by atoms with Gasteiger partial charge in [-0.15, -0.1) is 13.2 Å². The van der Waals surface area contributed by atoms with E-state index in [9.17, 15) is 13.2 Å². The minimum Gasteiger partial charge on any atom is -0.423 e. The van der Waals surface area contributed by atoms with Gasteiger partial charge in [0.15, 0.2) is 5.58 Å². The number of nitrogens with zero attached hydrogens (tertiary/aromatic N) is 3. The third kappa shape index (κ3) is 5.38. The predicted molar refractivity (Wildman–Crippen MR) is 101 cm³/mol. The maximum absolute atomic E-state index is 12.4. The Morgan fingerprint density at radius 3 is 2.58 bits per heavy atom. The molecule has 0 fully saturated rings. The van der Waals surface area contributed by atoms with E-state index >= 15 is 0 Å². The van der Waals surface area contributed by atoms with E-state index in [-0.39, 0.29) is 23.5 Å². The van der Waals surface area contributed by atoms with Crippen LogP contribution in [0.2, 0.25) is 0 Å². The first-order chi connectivity index (χ1) is 14.8. The number of methoxy groups -OCH3 is 1. The van der Waals surface area contributed by atoms with Crippen LogP contribution >= 0.6 is 0 Å². The van der Waals surface area contributed by atoms with Crippen LogP contribution in [0.4, 0.5) is 25.1 Å². The van der Waals surface area contributed by atoms with Crippen molar-refractivity contribution < 1.29 is 36.7 Å². The highest BCUT2D eigenvalue weighted by Crippen LogP contribution is 2.29. The summed E-state index contributed by atoms with van der Waals surface area (Å²) in [5.41, 5.74) is 2.22. The summed E-state index contributed by atoms with van der Waals surface area (Å²) in [6.45, 7) is 1.02. The first-order valence-electron chi connectivity index (χ1n) is 8.71. The van der Waals surface area contributed by atoms with Crippen LogP contribution in [0, 0.1) is 0 Å². The smallest absolute Gasteiger partial charge is 0.423 e. The molecule has 0 spiro atoms. The van der Waals surface area contributed by atoms with Crippen molar-refractivity contribution in [3.8, 4) is 5.75 Å². The minimum absolute atomic E-state index is 0.105. The maximum Gasteiger partial charge on any atom is 0.573 e. The number of hydrogen-bond acceptors (Lipinski definition) is 8. The summed E-state index contributed by atoms with van der Waals surface area (Å²) in [4.78, 5) is 25.0. The second kappa shape index (κ2) is 9.28. The van der Waals surface area contributed by atoms with Crippen LogP contribution in [0.3, 0.4) is 0 Å². The van der Waals surface area contributed by atoms with Crippen LogP contribution in [-0.4, -0.2) is 40.8 Å². The molecule has 4 rings (SSSR count). The molecule has 0 unspecified atom stereocenters. The predicted octanol–water partition coefficient (Wildman–Crippen LogP) is 3.88. The number of rotatable bonds is 6. The molecule has 0 saturated carbocycles. The Bertz CT molecular complexity index is 1210. The molecule has 0 atom stereocenters. The number of aromatic nitrogens is 3. The second-order valence-corrected chi connectivity index (χ2v) is 5.97. The van der Waals surface area contributed by atoms with Gasteiger partial charge >= 0.3 is 18.5 Å². The van der Waals surface area contributed by atoms with Gasteiger partial charge < -0.3 is 18.5 Å². The van der Waals surface area contributed by atoms with E-state index in [0.717, 1.165) is 17.1 Å². The minimum atomic E-state index is -4.78. The number of fused-ring (bicyclic) bond motifs is 2. The van der Waals surface area contributed by atoms with Crippen molar-refractivity contribution in [3.63, 3.8) is 0 Å². The Balaban J connectivity index is 0.000000858. The summed E-state index contributed by atoms with van der Waals surface area (Å²) in [7, 11) is 1.60. The number of imidazole rings is 1. The zero-order valence-corrected chi connectivity index (χ0v) is 16.0. The Labute approximate surface area is 172 Å². The Hall–Kier alpha value is -3.89. The van der Waals surface area contributed by atoms with Crippen molar-refractivity contribution in [1.29, 1.82) is 0 Å². The summed E-state index contributed by atoms with van der Waals surface area (Å²) in [6, 6.07) is 11.4. The van der Waals surface area contributed by atoms with Gasteiger partial charge in [0.2, 0.25) is 5.95 Å². The van der Waals surface area contributed by atoms with E-state index in [1.165, 1.54) is 12.1 Å². The van der Waals surface area contributed by atoms with Gasteiger partial charge in [0.05, 0.1) is 17.6 Å². The number of hydrogen-bond donors (Lipinski definition) is 1. The van der Waals surface area contributed by atoms with Crippen molar-refractivity contribution in [1.82, 2.24) is 14.5 Å². The van der Waals surface area contributed by atoms with Gasteiger partial charge in [-0.2, -0.15) is 14.6 Å². The number of benzene rings is 2. The van der Waals surface area contributed by atoms with Crippen LogP contribution in [0.15, 0.2) is 46.9 Å². The van der Waals surface area contributed by atoms with Gasteiger partial charge in [0.1, 0.15) is 11.3 Å². The summed E-state index contributed by atoms with van der Waals surface area (Å²) in [5.74, 6) is 0.103. The lowest BCUT2D eigenvalue weighted by Gasteiger charge is -2.08. The normalized spacial score (nSPS) is 11.1. The molecular formula is C19H15F3N4O5. The highest BCUT2D eigenvalue weighted by atomic mass is 19.4. The highest BCUT2D eigenvalue weighted by molar-refractivity contribution is 5.80. The van der Waals surface area contributed by atoms with E-state index in [2.05, 4.69) is 20.0 Å². The number of para-hydroxylation sites is 2. The molecular weight excluding hydrogens is 421 g/mol. The molecule has 1 N–H and O–H groups in total. The standard InChI is InChI=1S/C18H15F3N4O3.CO2/c1-26-9-8-25-14-5-3-2-4-12(14)22-16(25)24-17-23-13-7-6-11(10-15(13)27-17)28-18(19,20)21;2-1-3/h2-7,10H,8-9H2,1H3,(H,22,23,24);. The molecule has 0 saturated heterocycles. The fourth-order valence-electron chi connectivity index (χ4n) is 2.83. The average Bonchev–Trinajstić information content (AvgIpc) is 3.25. The molecule has 0 bridgehead atoms. The average molecular weight is 436 g/mol. The third-order valence-corrected chi connectivity index (χ3v) is 3.99. The van der Waals surface area contributed by atoms with Gasteiger partial charge in [-0.05, 0) is 24.3 Å². The molecule has 2 aromatic carbocycles. The number of oxazole rings is 1. The fourth-order valence-corrected chi connectivity index (χ4v) is 2.83. The van der Waals surface area contributed by atoms with Crippen LogP contribution in [-0.2, 0) is 20.9 Å². The highest BCUT2D eigenvalue weighted by Gasteiger charge is 2.31. The van der Waals surface area contributed by atoms with E-state index < -0.39 is 6.36 Å². The topological polar surface area (TPSA) is 108 Å². The largest absolute Gasteiger partial charge is 0.573 e. The van der Waals surface area contributed by atoms with E-state index in [0.29, 0.717) is 24.6 Å². The lowest BCUT2D eigenvalue weighted by Crippen LogP contribution is -2.16. The van der Waals surface area contributed by atoms with Crippen molar-refractivity contribution >= 4 is 40.2 Å². The van der Waals surface area contributed by atoms with Crippen LogP contribution in [0.5, 0.6) is 5.75 Å². The third-order valence-electron chi connectivity index (χ3n) is 3.99. The SMILES string of the molecule is COCCn1c(Nc2nc3ccc(OC(F)(F)F)cc3o2)nc2ccccc21.O=C=O. The summed E-state index contributed by atoms with van der Waals surface area (Å²) < 4.78 is 53.6. The molecule has 12 heteroatoms. The van der Waals surface area contributed by atoms with Crippen molar-refractivity contribution in [2.45, 2.75) is 12.9 Å². The number of anilines is 2. The van der Waals surface area contributed by atoms with E-state index in [1.54, 1.807) is 7.11 Å². The first kappa shape index (κ1) is 21.8. The molecule has 0 radical (unpaired) electrons. The fraction of sp³-hybridized carbons (Fsp3) is 0.211. The molecule has 0 aliphatic carbocycles. The summed E-state index contributed by atoms with van der Waals surface area (Å²) >= 11 is 0. The maximum atomic E-state index is 12.4. The number of nitrogens with one attached hydrogen (secondary N) is 1. The van der Waals surface area contributed by atoms with Gasteiger partial charge in [0, 0.05) is 19.7 Å². The van der Waals surface area contributed by atoms with Crippen LogP contribution in [0.1, 0.15) is 0 Å². The summed E-state index contributed by atoms with van der Waals surface area (Å²) in [5, 5.41) is 2.98. The number of halogens is 3. The van der Waals surface area contributed by atoms with Gasteiger partial charge in [0.25, 0.3) is 0 Å². The Kier molecular flexibility index (Phi) is 6.53. The van der Waals surface area contributed by atoms with Crippen molar-refractivity contribution in [2.24, 2.45) is 0 Å². The van der Waals surface area contributed by atoms with E-state index in [4.69, 9.17) is 18.7 Å². The molecule has 2 aromatic heterocycles. The monoisotopic (exact) mass is 436 g/mol. The number of alkyl halides is 3. The first-order valence-corrected chi connectivity index (χ1v) is 8.71. The zero-order valence-electron chi connectivity index (χ0n) is 16.0. The number of ether oxygens (including phenoxy) is 2. The quantitative estimate of drug-likeness (QED) is 0.485. The van der Waals surface area contributed by atoms with Gasteiger partial charge in [-0.25, -0.2) is 4.98 Å². The molecule has 162 valence electrons. The van der Waals surface area contributed by atoms with E-state index in [1.807, 2.05) is 28.8 Å². The lowest BCUT2D eigenvalue weighted by molar-refractivity contribution is -0.274.